The molecule has 1 fully saturated rings. The highest BCUT2D eigenvalue weighted by molar-refractivity contribution is 5.84. The van der Waals surface area contributed by atoms with Crippen molar-refractivity contribution in [3.05, 3.63) is 0 Å². The third-order valence-electron chi connectivity index (χ3n) is 1.58. The maximum Gasteiger partial charge on any atom is 0.335 e. The minimum Gasteiger partial charge on any atom is -0.480 e. The third-order valence-corrected chi connectivity index (χ3v) is 1.58. The second kappa shape index (κ2) is 3.51. The summed E-state index contributed by atoms with van der Waals surface area (Å²) in [5, 5.41) is 19.6. The van der Waals surface area contributed by atoms with Gasteiger partial charge in [-0.3, -0.25) is 10.1 Å². The highest BCUT2D eigenvalue weighted by Crippen LogP contribution is 2.04. The number of hydrogen-bond donors (Lipinski definition) is 3. The van der Waals surface area contributed by atoms with E-state index in [2.05, 4.69) is 5.32 Å². The van der Waals surface area contributed by atoms with Crippen LogP contribution in [0.15, 0.2) is 0 Å². The summed E-state index contributed by atoms with van der Waals surface area (Å²) in [7, 11) is 0. The minimum absolute atomic E-state index is 0.223. The first-order chi connectivity index (χ1) is 5.63. The average molecular weight is 175 g/mol. The van der Waals surface area contributed by atoms with Gasteiger partial charge in [0.05, 0.1) is 6.61 Å². The second-order valence-electron chi connectivity index (χ2n) is 2.40. The smallest absolute Gasteiger partial charge is 0.335 e. The predicted octanol–water partition coefficient (Wildman–Crippen LogP) is -1.49. The number of morpholine rings is 1. The monoisotopic (exact) mass is 175 g/mol. The fourth-order valence-corrected chi connectivity index (χ4v) is 1.03. The van der Waals surface area contributed by atoms with Crippen LogP contribution >= 0.6 is 0 Å². The average Bonchev–Trinajstić information content (AvgIpc) is 2.04. The molecule has 0 amide bonds. The predicted molar refractivity (Wildman–Crippen MR) is 36.8 cm³/mol. The fourth-order valence-electron chi connectivity index (χ4n) is 1.03. The normalized spacial score (nSPS) is 29.7. The number of nitrogens with one attached hydrogen (secondary N) is 1. The molecule has 0 aromatic carbocycles. The van der Waals surface area contributed by atoms with Gasteiger partial charge in [-0.1, -0.05) is 0 Å². The van der Waals surface area contributed by atoms with E-state index >= 15 is 0 Å². The van der Waals surface area contributed by atoms with Crippen molar-refractivity contribution < 1.29 is 24.5 Å². The van der Waals surface area contributed by atoms with Gasteiger partial charge in [-0.15, -0.1) is 0 Å². The van der Waals surface area contributed by atoms with Crippen LogP contribution in [0.25, 0.3) is 0 Å². The Morgan fingerprint density at radius 1 is 1.33 bits per heavy atom. The lowest BCUT2D eigenvalue weighted by atomic mass is 10.1. The molecule has 0 bridgehead atoms. The number of aliphatic carboxylic acids is 2. The molecule has 6 heteroatoms. The van der Waals surface area contributed by atoms with Crippen molar-refractivity contribution in [2.24, 2.45) is 0 Å². The summed E-state index contributed by atoms with van der Waals surface area (Å²) in [6.45, 7) is 0.585. The number of carboxylic acid groups (broad SMARTS) is 2. The van der Waals surface area contributed by atoms with Crippen molar-refractivity contribution >= 4 is 11.9 Å². The van der Waals surface area contributed by atoms with Crippen LogP contribution in [0.3, 0.4) is 0 Å². The molecule has 0 radical (unpaired) electrons. The Kier molecular flexibility index (Phi) is 2.61. The zero-order valence-corrected chi connectivity index (χ0v) is 6.19. The van der Waals surface area contributed by atoms with Crippen LogP contribution in [-0.4, -0.2) is 47.4 Å². The second-order valence-corrected chi connectivity index (χ2v) is 2.40. The molecule has 1 aliphatic heterocycles. The van der Waals surface area contributed by atoms with Gasteiger partial charge in [0.1, 0.15) is 6.04 Å². The van der Waals surface area contributed by atoms with E-state index in [1.54, 1.807) is 0 Å². The van der Waals surface area contributed by atoms with Crippen LogP contribution in [0, 0.1) is 0 Å². The van der Waals surface area contributed by atoms with Crippen LogP contribution in [0.4, 0.5) is 0 Å². The van der Waals surface area contributed by atoms with Crippen LogP contribution in [0.2, 0.25) is 0 Å². The van der Waals surface area contributed by atoms with E-state index in [4.69, 9.17) is 14.9 Å². The Morgan fingerprint density at radius 3 is 2.42 bits per heavy atom. The molecule has 1 aliphatic rings. The van der Waals surface area contributed by atoms with Gasteiger partial charge in [-0.05, 0) is 0 Å². The van der Waals surface area contributed by atoms with Gasteiger partial charge >= 0.3 is 11.9 Å². The lowest BCUT2D eigenvalue weighted by Crippen LogP contribution is -2.55. The molecule has 6 nitrogen and oxygen atoms in total. The highest BCUT2D eigenvalue weighted by Gasteiger charge is 2.36. The molecule has 1 heterocycles. The summed E-state index contributed by atoms with van der Waals surface area (Å²) >= 11 is 0. The van der Waals surface area contributed by atoms with E-state index in [0.717, 1.165) is 0 Å². The zero-order valence-electron chi connectivity index (χ0n) is 6.19. The van der Waals surface area contributed by atoms with E-state index < -0.39 is 24.1 Å². The first-order valence-corrected chi connectivity index (χ1v) is 3.43. The summed E-state index contributed by atoms with van der Waals surface area (Å²) in [5.74, 6) is -2.46. The topological polar surface area (TPSA) is 95.9 Å². The number of carbonyl (C=O) groups is 2. The van der Waals surface area contributed by atoms with E-state index in [1.165, 1.54) is 0 Å². The maximum absolute atomic E-state index is 10.5. The first-order valence-electron chi connectivity index (χ1n) is 3.43. The van der Waals surface area contributed by atoms with Gasteiger partial charge in [0.25, 0.3) is 0 Å². The van der Waals surface area contributed by atoms with Crippen molar-refractivity contribution in [1.29, 1.82) is 0 Å². The molecular weight excluding hydrogens is 166 g/mol. The Bertz CT molecular complexity index is 182. The third kappa shape index (κ3) is 1.72. The van der Waals surface area contributed by atoms with E-state index in [9.17, 15) is 9.59 Å². The molecule has 1 rings (SSSR count). The maximum atomic E-state index is 10.5. The lowest BCUT2D eigenvalue weighted by molar-refractivity contribution is -0.163. The van der Waals surface area contributed by atoms with Crippen LogP contribution < -0.4 is 5.32 Å². The first kappa shape index (κ1) is 8.95. The molecule has 2 atom stereocenters. The molecule has 1 saturated heterocycles. The Morgan fingerprint density at radius 2 is 2.00 bits per heavy atom. The van der Waals surface area contributed by atoms with Crippen molar-refractivity contribution in [2.75, 3.05) is 13.2 Å². The Labute approximate surface area is 68.1 Å². The van der Waals surface area contributed by atoms with E-state index in [0.29, 0.717) is 6.54 Å². The molecule has 68 valence electrons. The number of hydrogen-bond acceptors (Lipinski definition) is 4. The summed E-state index contributed by atoms with van der Waals surface area (Å²) < 4.78 is 4.77. The molecule has 0 aromatic rings. The van der Waals surface area contributed by atoms with Gasteiger partial charge < -0.3 is 14.9 Å². The molecule has 12 heavy (non-hydrogen) atoms. The standard InChI is InChI=1S/C6H9NO5/c8-5(9)3-4(6(10)11)12-2-1-7-3/h3-4,7H,1-2H2,(H,8,9)(H,10,11). The summed E-state index contributed by atoms with van der Waals surface area (Å²) in [6.07, 6.45) is -1.28. The molecule has 0 aliphatic carbocycles. The molecule has 0 saturated carbocycles. The zero-order chi connectivity index (χ0) is 9.14. The Hall–Kier alpha value is -1.14. The van der Waals surface area contributed by atoms with E-state index in [-0.39, 0.29) is 6.61 Å². The molecule has 0 aromatic heterocycles. The number of carboxylic acids is 2. The summed E-state index contributed by atoms with van der Waals surface area (Å²) in [5.41, 5.74) is 0. The van der Waals surface area contributed by atoms with Crippen LogP contribution in [0.5, 0.6) is 0 Å². The molecule has 3 N–H and O–H groups in total. The van der Waals surface area contributed by atoms with Crippen LogP contribution in [0.1, 0.15) is 0 Å². The van der Waals surface area contributed by atoms with Gasteiger partial charge in [0.2, 0.25) is 0 Å². The molecular formula is C6H9NO5. The lowest BCUT2D eigenvalue weighted by Gasteiger charge is -2.26. The van der Waals surface area contributed by atoms with Gasteiger partial charge in [0, 0.05) is 6.54 Å². The minimum atomic E-state index is -1.28. The van der Waals surface area contributed by atoms with Crippen molar-refractivity contribution in [3.63, 3.8) is 0 Å². The fraction of sp³-hybridized carbons (Fsp3) is 0.667. The number of ether oxygens (including phenoxy) is 1. The van der Waals surface area contributed by atoms with Gasteiger partial charge in [-0.2, -0.15) is 0 Å². The van der Waals surface area contributed by atoms with Gasteiger partial charge in [0.15, 0.2) is 6.10 Å². The largest absolute Gasteiger partial charge is 0.480 e. The molecule has 0 spiro atoms. The summed E-state index contributed by atoms with van der Waals surface area (Å²) in [6, 6.07) is -1.14. The SMILES string of the molecule is O=C(O)C1NCCOC1C(=O)O. The van der Waals surface area contributed by atoms with Crippen molar-refractivity contribution in [1.82, 2.24) is 5.32 Å². The van der Waals surface area contributed by atoms with Crippen molar-refractivity contribution in [3.8, 4) is 0 Å². The Balaban J connectivity index is 2.67. The molecule has 2 unspecified atom stereocenters. The van der Waals surface area contributed by atoms with E-state index in [1.807, 2.05) is 0 Å². The van der Waals surface area contributed by atoms with Crippen LogP contribution in [-0.2, 0) is 14.3 Å². The van der Waals surface area contributed by atoms with Crippen molar-refractivity contribution in [2.45, 2.75) is 12.1 Å². The summed E-state index contributed by atoms with van der Waals surface area (Å²) in [4.78, 5) is 20.9. The van der Waals surface area contributed by atoms with Gasteiger partial charge in [-0.25, -0.2) is 4.79 Å². The number of rotatable bonds is 2. The highest BCUT2D eigenvalue weighted by atomic mass is 16.5. The quantitative estimate of drug-likeness (QED) is 0.473.